The number of benzene rings is 2. The number of nitrogens with zero attached hydrogens (tertiary/aromatic N) is 2. The van der Waals surface area contributed by atoms with E-state index in [0.717, 1.165) is 22.4 Å². The molecule has 0 spiro atoms. The predicted molar refractivity (Wildman–Crippen MR) is 134 cm³/mol. The predicted octanol–water partition coefficient (Wildman–Crippen LogP) is 4.93. The third-order valence-corrected chi connectivity index (χ3v) is 5.44. The fourth-order valence-electron chi connectivity index (χ4n) is 3.62. The molecule has 4 rings (SSSR count). The molecule has 1 aliphatic rings. The van der Waals surface area contributed by atoms with Crippen LogP contribution in [0.4, 0.5) is 22.0 Å². The van der Waals surface area contributed by atoms with Crippen LogP contribution in [0.5, 0.6) is 0 Å². The summed E-state index contributed by atoms with van der Waals surface area (Å²) in [6.45, 7) is 3.46. The lowest BCUT2D eigenvalue weighted by Gasteiger charge is -2.12. The lowest BCUT2D eigenvalue weighted by atomic mass is 10.0. The second-order valence-corrected chi connectivity index (χ2v) is 8.42. The van der Waals surface area contributed by atoms with Crippen LogP contribution in [0.25, 0.3) is 11.1 Å². The van der Waals surface area contributed by atoms with Crippen LogP contribution in [-0.4, -0.2) is 35.3 Å². The maximum absolute atomic E-state index is 12.0. The number of rotatable bonds is 6. The Morgan fingerprint density at radius 3 is 2.68 bits per heavy atom. The standard InChI is InChI=1S/C25H24ClN5O3/c1-14(2)34-25(33)29-17-7-8-20(26)19(11-17)22-10-15-9-16(13-28-24(15)31-22)18-5-3-4-6-21(18)30-23(32)12-27/h3-9,11,13-14H,10,12,27H2,1-2H3,(H,29,33)(H,30,32). The molecule has 0 atom stereocenters. The number of hydrogen-bond donors (Lipinski definition) is 3. The number of nitrogens with two attached hydrogens (primary N) is 1. The Hall–Kier alpha value is -3.75. The van der Waals surface area contributed by atoms with Gasteiger partial charge in [0.1, 0.15) is 0 Å². The number of pyridine rings is 1. The quantitative estimate of drug-likeness (QED) is 0.465. The molecular weight excluding hydrogens is 454 g/mol. The molecule has 0 aliphatic carbocycles. The summed E-state index contributed by atoms with van der Waals surface area (Å²) in [5.41, 5.74) is 10.7. The Kier molecular flexibility index (Phi) is 6.90. The van der Waals surface area contributed by atoms with Crippen LogP contribution in [0.2, 0.25) is 5.02 Å². The summed E-state index contributed by atoms with van der Waals surface area (Å²) >= 11 is 6.45. The Bertz CT molecular complexity index is 1290. The van der Waals surface area contributed by atoms with Crippen molar-refractivity contribution in [3.05, 3.63) is 70.9 Å². The molecule has 174 valence electrons. The van der Waals surface area contributed by atoms with Gasteiger partial charge in [-0.25, -0.2) is 14.8 Å². The maximum Gasteiger partial charge on any atom is 0.411 e. The number of amides is 2. The fourth-order valence-corrected chi connectivity index (χ4v) is 3.84. The zero-order valence-electron chi connectivity index (χ0n) is 18.8. The van der Waals surface area contributed by atoms with E-state index >= 15 is 0 Å². The van der Waals surface area contributed by atoms with Gasteiger partial charge in [-0.15, -0.1) is 0 Å². The van der Waals surface area contributed by atoms with Gasteiger partial charge >= 0.3 is 6.09 Å². The molecular formula is C25H24ClN5O3. The van der Waals surface area contributed by atoms with Crippen molar-refractivity contribution in [2.75, 3.05) is 17.2 Å². The average molecular weight is 478 g/mol. The van der Waals surface area contributed by atoms with Crippen molar-refractivity contribution in [2.24, 2.45) is 10.7 Å². The lowest BCUT2D eigenvalue weighted by molar-refractivity contribution is -0.114. The molecule has 2 heterocycles. The molecule has 0 unspecified atom stereocenters. The van der Waals surface area contributed by atoms with Gasteiger partial charge in [0, 0.05) is 51.3 Å². The highest BCUT2D eigenvalue weighted by molar-refractivity contribution is 6.34. The minimum absolute atomic E-state index is 0.0994. The van der Waals surface area contributed by atoms with Crippen LogP contribution in [0.15, 0.2) is 59.7 Å². The molecule has 2 aromatic carbocycles. The Labute approximate surface area is 202 Å². The van der Waals surface area contributed by atoms with Crippen molar-refractivity contribution < 1.29 is 14.3 Å². The zero-order chi connectivity index (χ0) is 24.2. The largest absolute Gasteiger partial charge is 0.447 e. The normalized spacial score (nSPS) is 12.2. The van der Waals surface area contributed by atoms with Crippen LogP contribution in [0, 0.1) is 0 Å². The zero-order valence-corrected chi connectivity index (χ0v) is 19.5. The van der Waals surface area contributed by atoms with Gasteiger partial charge in [-0.1, -0.05) is 29.8 Å². The molecule has 2 amide bonds. The number of hydrogen-bond acceptors (Lipinski definition) is 6. The van der Waals surface area contributed by atoms with E-state index in [1.54, 1.807) is 38.2 Å². The monoisotopic (exact) mass is 477 g/mol. The Morgan fingerprint density at radius 2 is 1.91 bits per heavy atom. The number of carbonyl (C=O) groups is 2. The van der Waals surface area contributed by atoms with E-state index < -0.39 is 6.09 Å². The topological polar surface area (TPSA) is 119 Å². The second kappa shape index (κ2) is 10.0. The van der Waals surface area contributed by atoms with Gasteiger partial charge in [0.05, 0.1) is 18.4 Å². The number of anilines is 2. The molecule has 3 aromatic rings. The number of para-hydroxylation sites is 1. The van der Waals surface area contributed by atoms with E-state index in [9.17, 15) is 9.59 Å². The number of fused-ring (bicyclic) bond motifs is 1. The molecule has 0 saturated carbocycles. The van der Waals surface area contributed by atoms with E-state index in [1.165, 1.54) is 0 Å². The van der Waals surface area contributed by atoms with Crippen molar-refractivity contribution in [1.29, 1.82) is 0 Å². The van der Waals surface area contributed by atoms with Gasteiger partial charge in [0.2, 0.25) is 5.91 Å². The van der Waals surface area contributed by atoms with Crippen LogP contribution >= 0.6 is 11.6 Å². The Balaban J connectivity index is 1.58. The summed E-state index contributed by atoms with van der Waals surface area (Å²) < 4.78 is 5.14. The summed E-state index contributed by atoms with van der Waals surface area (Å²) in [4.78, 5) is 33.0. The minimum atomic E-state index is -0.536. The summed E-state index contributed by atoms with van der Waals surface area (Å²) in [5, 5.41) is 6.05. The molecule has 1 aliphatic heterocycles. The average Bonchev–Trinajstić information content (AvgIpc) is 3.23. The van der Waals surface area contributed by atoms with Crippen LogP contribution in [-0.2, 0) is 16.0 Å². The van der Waals surface area contributed by atoms with E-state index in [1.807, 2.05) is 30.3 Å². The van der Waals surface area contributed by atoms with E-state index in [4.69, 9.17) is 22.1 Å². The lowest BCUT2D eigenvalue weighted by Crippen LogP contribution is -2.22. The van der Waals surface area contributed by atoms with E-state index in [-0.39, 0.29) is 18.6 Å². The SMILES string of the molecule is CC(C)OC(=O)Nc1ccc(Cl)c(C2=Nc3ncc(-c4ccccc4NC(=O)CN)cc3C2)c1. The van der Waals surface area contributed by atoms with Gasteiger partial charge in [0.25, 0.3) is 0 Å². The number of aliphatic imine (C=N–C) groups is 1. The molecule has 8 nitrogen and oxygen atoms in total. The molecule has 0 bridgehead atoms. The number of ether oxygens (including phenoxy) is 1. The maximum atomic E-state index is 12.0. The minimum Gasteiger partial charge on any atom is -0.447 e. The van der Waals surface area contributed by atoms with Crippen LogP contribution in [0.1, 0.15) is 25.0 Å². The highest BCUT2D eigenvalue weighted by atomic mass is 35.5. The summed E-state index contributed by atoms with van der Waals surface area (Å²) in [6, 6.07) is 14.7. The number of carbonyl (C=O) groups excluding carboxylic acids is 2. The van der Waals surface area contributed by atoms with Gasteiger partial charge in [0.15, 0.2) is 5.82 Å². The first-order chi connectivity index (χ1) is 16.3. The number of nitrogens with one attached hydrogen (secondary N) is 2. The summed E-state index contributed by atoms with van der Waals surface area (Å²) in [6.07, 6.45) is 1.48. The fraction of sp³-hybridized carbons (Fsp3) is 0.200. The summed E-state index contributed by atoms with van der Waals surface area (Å²) in [7, 11) is 0. The van der Waals surface area contributed by atoms with Crippen molar-refractivity contribution in [3.8, 4) is 11.1 Å². The number of aromatic nitrogens is 1. The highest BCUT2D eigenvalue weighted by Crippen LogP contribution is 2.35. The Morgan fingerprint density at radius 1 is 1.12 bits per heavy atom. The van der Waals surface area contributed by atoms with Crippen LogP contribution < -0.4 is 16.4 Å². The van der Waals surface area contributed by atoms with Gasteiger partial charge in [-0.05, 0) is 44.2 Å². The number of halogens is 1. The van der Waals surface area contributed by atoms with E-state index in [0.29, 0.717) is 34.2 Å². The van der Waals surface area contributed by atoms with Gasteiger partial charge < -0.3 is 15.8 Å². The molecule has 34 heavy (non-hydrogen) atoms. The first-order valence-electron chi connectivity index (χ1n) is 10.8. The van der Waals surface area contributed by atoms with Crippen LogP contribution in [0.3, 0.4) is 0 Å². The molecule has 4 N–H and O–H groups in total. The van der Waals surface area contributed by atoms with Gasteiger partial charge in [-0.2, -0.15) is 0 Å². The molecule has 0 radical (unpaired) electrons. The molecule has 9 heteroatoms. The summed E-state index contributed by atoms with van der Waals surface area (Å²) in [5.74, 6) is 0.337. The van der Waals surface area contributed by atoms with E-state index in [2.05, 4.69) is 20.6 Å². The van der Waals surface area contributed by atoms with Crippen molar-refractivity contribution in [1.82, 2.24) is 4.98 Å². The third-order valence-electron chi connectivity index (χ3n) is 5.11. The smallest absolute Gasteiger partial charge is 0.411 e. The first kappa shape index (κ1) is 23.4. The second-order valence-electron chi connectivity index (χ2n) is 8.01. The van der Waals surface area contributed by atoms with Crippen molar-refractivity contribution in [2.45, 2.75) is 26.4 Å². The third kappa shape index (κ3) is 5.24. The van der Waals surface area contributed by atoms with Gasteiger partial charge in [-0.3, -0.25) is 10.1 Å². The van der Waals surface area contributed by atoms with Crippen molar-refractivity contribution >= 4 is 46.5 Å². The first-order valence-corrected chi connectivity index (χ1v) is 11.1. The van der Waals surface area contributed by atoms with Crippen molar-refractivity contribution in [3.63, 3.8) is 0 Å². The molecule has 1 aromatic heterocycles. The molecule has 0 fully saturated rings. The molecule has 0 saturated heterocycles. The highest BCUT2D eigenvalue weighted by Gasteiger charge is 2.21.